The Morgan fingerprint density at radius 1 is 0.800 bits per heavy atom. The molecule has 2 saturated carbocycles. The van der Waals surface area contributed by atoms with E-state index in [0.717, 1.165) is 51.4 Å². The fraction of sp³-hybridized carbons (Fsp3) is 0.833. The Morgan fingerprint density at radius 3 is 2.08 bits per heavy atom. The second kappa shape index (κ2) is 8.06. The molecule has 25 heavy (non-hydrogen) atoms. The van der Waals surface area contributed by atoms with Crippen LogP contribution in [0.5, 0.6) is 0 Å². The molecular weight excluding hydrogens is 320 g/mol. The fourth-order valence-corrected chi connectivity index (χ4v) is 3.89. The number of amides is 4. The maximum absolute atomic E-state index is 12.5. The largest absolute Gasteiger partial charge is 0.359 e. The van der Waals surface area contributed by atoms with E-state index in [9.17, 15) is 14.4 Å². The van der Waals surface area contributed by atoms with E-state index < -0.39 is 0 Å². The van der Waals surface area contributed by atoms with Crippen LogP contribution in [0.15, 0.2) is 0 Å². The predicted octanol–water partition coefficient (Wildman–Crippen LogP) is 0.991. The van der Waals surface area contributed by atoms with Crippen molar-refractivity contribution in [3.05, 3.63) is 0 Å². The third-order valence-electron chi connectivity index (χ3n) is 5.68. The summed E-state index contributed by atoms with van der Waals surface area (Å²) in [5.41, 5.74) is 0. The molecule has 0 unspecified atom stereocenters. The molecule has 4 amide bonds. The topological polar surface area (TPSA) is 90.5 Å². The predicted molar refractivity (Wildman–Crippen MR) is 93.8 cm³/mol. The number of urea groups is 1. The van der Waals surface area contributed by atoms with Crippen molar-refractivity contribution in [3.8, 4) is 0 Å². The zero-order valence-corrected chi connectivity index (χ0v) is 15.1. The van der Waals surface area contributed by atoms with Crippen molar-refractivity contribution in [2.75, 3.05) is 20.1 Å². The Bertz CT molecular complexity index is 512. The van der Waals surface area contributed by atoms with Crippen molar-refractivity contribution in [1.29, 1.82) is 0 Å². The Hall–Kier alpha value is -1.79. The summed E-state index contributed by atoms with van der Waals surface area (Å²) in [4.78, 5) is 38.2. The van der Waals surface area contributed by atoms with E-state index in [1.54, 1.807) is 11.9 Å². The van der Waals surface area contributed by atoms with Gasteiger partial charge in [-0.1, -0.05) is 0 Å². The van der Waals surface area contributed by atoms with Crippen LogP contribution in [0.1, 0.15) is 51.4 Å². The monoisotopic (exact) mass is 350 g/mol. The van der Waals surface area contributed by atoms with Crippen LogP contribution in [-0.2, 0) is 9.59 Å². The van der Waals surface area contributed by atoms with Gasteiger partial charge in [0, 0.05) is 38.1 Å². The number of carbonyl (C=O) groups is 3. The van der Waals surface area contributed by atoms with Crippen LogP contribution in [0.4, 0.5) is 4.79 Å². The van der Waals surface area contributed by atoms with E-state index in [0.29, 0.717) is 19.1 Å². The van der Waals surface area contributed by atoms with Crippen molar-refractivity contribution in [3.63, 3.8) is 0 Å². The molecule has 3 fully saturated rings. The van der Waals surface area contributed by atoms with Gasteiger partial charge in [-0.15, -0.1) is 0 Å². The van der Waals surface area contributed by atoms with Crippen LogP contribution in [-0.4, -0.2) is 55.0 Å². The normalized spacial score (nSPS) is 29.6. The first-order chi connectivity index (χ1) is 12.1. The van der Waals surface area contributed by atoms with E-state index in [1.807, 2.05) is 0 Å². The van der Waals surface area contributed by atoms with Gasteiger partial charge in [0.15, 0.2) is 0 Å². The molecule has 3 aliphatic rings. The first-order valence-corrected chi connectivity index (χ1v) is 9.64. The lowest BCUT2D eigenvalue weighted by molar-refractivity contribution is -0.126. The third kappa shape index (κ3) is 4.86. The van der Waals surface area contributed by atoms with E-state index in [4.69, 9.17) is 0 Å². The SMILES string of the molecule is CNC(=O)C1CCC(NC(=O)N2CCC[C@H](C(=O)NC3CC3)C2)CC1. The van der Waals surface area contributed by atoms with Crippen molar-refractivity contribution >= 4 is 17.8 Å². The second-order valence-corrected chi connectivity index (χ2v) is 7.68. The summed E-state index contributed by atoms with van der Waals surface area (Å²) in [7, 11) is 1.67. The third-order valence-corrected chi connectivity index (χ3v) is 5.68. The molecule has 7 nitrogen and oxygen atoms in total. The summed E-state index contributed by atoms with van der Waals surface area (Å²) >= 11 is 0. The van der Waals surface area contributed by atoms with Gasteiger partial charge in [0.25, 0.3) is 0 Å². The number of likely N-dealkylation sites (tertiary alicyclic amines) is 1. The van der Waals surface area contributed by atoms with Crippen LogP contribution < -0.4 is 16.0 Å². The molecule has 0 bridgehead atoms. The molecule has 1 heterocycles. The van der Waals surface area contributed by atoms with Gasteiger partial charge in [-0.3, -0.25) is 9.59 Å². The fourth-order valence-electron chi connectivity index (χ4n) is 3.89. The lowest BCUT2D eigenvalue weighted by atomic mass is 9.85. The Labute approximate surface area is 149 Å². The number of piperidine rings is 1. The van der Waals surface area contributed by atoms with Crippen LogP contribution in [0.2, 0.25) is 0 Å². The van der Waals surface area contributed by atoms with Gasteiger partial charge in [-0.2, -0.15) is 0 Å². The highest BCUT2D eigenvalue weighted by molar-refractivity contribution is 5.81. The van der Waals surface area contributed by atoms with E-state index in [-0.39, 0.29) is 35.7 Å². The molecule has 7 heteroatoms. The van der Waals surface area contributed by atoms with Crippen LogP contribution >= 0.6 is 0 Å². The van der Waals surface area contributed by atoms with Crippen molar-refractivity contribution < 1.29 is 14.4 Å². The summed E-state index contributed by atoms with van der Waals surface area (Å²) in [6.45, 7) is 1.23. The summed E-state index contributed by atoms with van der Waals surface area (Å²) in [6.07, 6.45) is 7.21. The minimum atomic E-state index is -0.0795. The average molecular weight is 350 g/mol. The molecule has 0 aromatic heterocycles. The molecule has 3 rings (SSSR count). The molecule has 1 saturated heterocycles. The molecule has 0 radical (unpaired) electrons. The highest BCUT2D eigenvalue weighted by Gasteiger charge is 2.33. The minimum absolute atomic E-state index is 0.0627. The Kier molecular flexibility index (Phi) is 5.81. The van der Waals surface area contributed by atoms with Crippen molar-refractivity contribution in [1.82, 2.24) is 20.9 Å². The number of hydrogen-bond donors (Lipinski definition) is 3. The zero-order chi connectivity index (χ0) is 17.8. The average Bonchev–Trinajstić information content (AvgIpc) is 3.45. The first-order valence-electron chi connectivity index (χ1n) is 9.64. The van der Waals surface area contributed by atoms with Gasteiger partial charge < -0.3 is 20.9 Å². The van der Waals surface area contributed by atoms with Gasteiger partial charge in [0.2, 0.25) is 11.8 Å². The standard InChI is InChI=1S/C18H30N4O3/c1-19-16(23)12-4-6-15(7-5-12)21-18(25)22-10-2-3-13(11-22)17(24)20-14-8-9-14/h12-15H,2-11H2,1H3,(H,19,23)(H,20,24)(H,21,25)/t12?,13-,15?/m0/s1. The molecule has 1 atom stereocenters. The molecule has 1 aliphatic heterocycles. The van der Waals surface area contributed by atoms with Crippen molar-refractivity contribution in [2.45, 2.75) is 63.5 Å². The maximum atomic E-state index is 12.5. The summed E-state index contributed by atoms with van der Waals surface area (Å²) in [5.74, 6) is 0.198. The van der Waals surface area contributed by atoms with Gasteiger partial charge in [-0.05, 0) is 51.4 Å². The maximum Gasteiger partial charge on any atom is 0.317 e. The quantitative estimate of drug-likeness (QED) is 0.706. The van der Waals surface area contributed by atoms with Gasteiger partial charge in [0.05, 0.1) is 5.92 Å². The summed E-state index contributed by atoms with van der Waals surface area (Å²) in [6, 6.07) is 0.439. The van der Waals surface area contributed by atoms with Crippen molar-refractivity contribution in [2.24, 2.45) is 11.8 Å². The lowest BCUT2D eigenvalue weighted by Gasteiger charge is -2.34. The second-order valence-electron chi connectivity index (χ2n) is 7.68. The lowest BCUT2D eigenvalue weighted by Crippen LogP contribution is -2.51. The summed E-state index contributed by atoms with van der Waals surface area (Å²) in [5, 5.41) is 8.86. The molecule has 3 N–H and O–H groups in total. The molecule has 0 spiro atoms. The Balaban J connectivity index is 1.43. The molecule has 0 aromatic rings. The smallest absolute Gasteiger partial charge is 0.317 e. The van der Waals surface area contributed by atoms with Gasteiger partial charge >= 0.3 is 6.03 Å². The molecule has 140 valence electrons. The van der Waals surface area contributed by atoms with Crippen LogP contribution in [0.25, 0.3) is 0 Å². The van der Waals surface area contributed by atoms with E-state index >= 15 is 0 Å². The number of rotatable bonds is 4. The first kappa shape index (κ1) is 18.0. The van der Waals surface area contributed by atoms with E-state index in [2.05, 4.69) is 16.0 Å². The Morgan fingerprint density at radius 2 is 1.44 bits per heavy atom. The molecular formula is C18H30N4O3. The molecule has 2 aliphatic carbocycles. The molecule has 0 aromatic carbocycles. The highest BCUT2D eigenvalue weighted by Crippen LogP contribution is 2.25. The van der Waals surface area contributed by atoms with Gasteiger partial charge in [0.1, 0.15) is 0 Å². The zero-order valence-electron chi connectivity index (χ0n) is 15.1. The number of nitrogens with one attached hydrogen (secondary N) is 3. The number of carbonyl (C=O) groups excluding carboxylic acids is 3. The van der Waals surface area contributed by atoms with Gasteiger partial charge in [-0.25, -0.2) is 4.79 Å². The number of nitrogens with zero attached hydrogens (tertiary/aromatic N) is 1. The van der Waals surface area contributed by atoms with E-state index in [1.165, 1.54) is 0 Å². The van der Waals surface area contributed by atoms with Crippen LogP contribution in [0, 0.1) is 11.8 Å². The summed E-state index contributed by atoms with van der Waals surface area (Å²) < 4.78 is 0. The van der Waals surface area contributed by atoms with Crippen LogP contribution in [0.3, 0.4) is 0 Å². The minimum Gasteiger partial charge on any atom is -0.359 e. The number of hydrogen-bond acceptors (Lipinski definition) is 3. The highest BCUT2D eigenvalue weighted by atomic mass is 16.2.